The van der Waals surface area contributed by atoms with E-state index >= 15 is 0 Å². The molecule has 2 saturated heterocycles. The van der Waals surface area contributed by atoms with Gasteiger partial charge in [-0.25, -0.2) is 14.4 Å². The van der Waals surface area contributed by atoms with Crippen LogP contribution < -0.4 is 15.1 Å². The number of nitrogens with one attached hydrogen (secondary N) is 1. The van der Waals surface area contributed by atoms with E-state index < -0.39 is 0 Å². The van der Waals surface area contributed by atoms with Crippen LogP contribution in [0.4, 0.5) is 27.1 Å². The Morgan fingerprint density at radius 2 is 1.72 bits per heavy atom. The monoisotopic (exact) mass is 505 g/mol. The molecule has 4 heterocycles. The largest absolute Gasteiger partial charge is 0.378 e. The number of hydrogen-bond acceptors (Lipinski definition) is 8. The van der Waals surface area contributed by atoms with Crippen LogP contribution in [0.2, 0.25) is 0 Å². The molecule has 0 radical (unpaired) electrons. The summed E-state index contributed by atoms with van der Waals surface area (Å²) in [5, 5.41) is 7.16. The zero-order chi connectivity index (χ0) is 24.5. The molecular formula is C27H28FN5O2S. The SMILES string of the molecule is Cc1c(-c2nccs2)nc2c(F)cccc2c1Nc1cc(N2CCOCC2)ccc1N1CCOCC1. The summed E-state index contributed by atoms with van der Waals surface area (Å²) in [6.07, 6.45) is 1.75. The molecule has 2 aromatic carbocycles. The minimum Gasteiger partial charge on any atom is -0.378 e. The van der Waals surface area contributed by atoms with Gasteiger partial charge in [0, 0.05) is 54.4 Å². The molecule has 6 rings (SSSR count). The standard InChI is InChI=1S/C27H28FN5O2S/c1-18-24(20-3-2-4-21(28)26(20)31-25(18)27-29-7-16-36-27)30-22-17-19(32-8-12-34-13-9-32)5-6-23(22)33-10-14-35-15-11-33/h2-7,16-17H,8-15H2,1H3,(H,30,31). The Morgan fingerprint density at radius 1 is 0.972 bits per heavy atom. The van der Waals surface area contributed by atoms with E-state index in [1.54, 1.807) is 12.3 Å². The Morgan fingerprint density at radius 3 is 2.44 bits per heavy atom. The summed E-state index contributed by atoms with van der Waals surface area (Å²) in [7, 11) is 0. The quantitative estimate of drug-likeness (QED) is 0.399. The first kappa shape index (κ1) is 23.1. The molecule has 4 aromatic rings. The molecule has 9 heteroatoms. The third kappa shape index (κ3) is 4.38. The summed E-state index contributed by atoms with van der Waals surface area (Å²) < 4.78 is 26.2. The zero-order valence-electron chi connectivity index (χ0n) is 20.2. The molecule has 2 fully saturated rings. The van der Waals surface area contributed by atoms with Crippen molar-refractivity contribution in [1.29, 1.82) is 0 Å². The number of morpholine rings is 2. The predicted molar refractivity (Wildman–Crippen MR) is 143 cm³/mol. The van der Waals surface area contributed by atoms with Crippen molar-refractivity contribution >= 4 is 45.0 Å². The summed E-state index contributed by atoms with van der Waals surface area (Å²) >= 11 is 1.50. The minimum absolute atomic E-state index is 0.341. The van der Waals surface area contributed by atoms with Gasteiger partial charge in [-0.3, -0.25) is 0 Å². The van der Waals surface area contributed by atoms with Crippen molar-refractivity contribution in [1.82, 2.24) is 9.97 Å². The number of thiazole rings is 1. The number of rotatable bonds is 5. The molecule has 0 amide bonds. The lowest BCUT2D eigenvalue weighted by atomic mass is 10.1. The second-order valence-corrected chi connectivity index (χ2v) is 9.85. The first-order valence-corrected chi connectivity index (χ1v) is 13.1. The fourth-order valence-corrected chi connectivity index (χ4v) is 5.60. The first-order valence-electron chi connectivity index (χ1n) is 12.2. The van der Waals surface area contributed by atoms with E-state index in [0.717, 1.165) is 78.1 Å². The highest BCUT2D eigenvalue weighted by Crippen LogP contribution is 2.40. The van der Waals surface area contributed by atoms with Gasteiger partial charge in [0.15, 0.2) is 0 Å². The van der Waals surface area contributed by atoms with Crippen LogP contribution >= 0.6 is 11.3 Å². The molecule has 186 valence electrons. The molecule has 7 nitrogen and oxygen atoms in total. The van der Waals surface area contributed by atoms with Crippen molar-refractivity contribution in [3.8, 4) is 10.7 Å². The van der Waals surface area contributed by atoms with Crippen molar-refractivity contribution in [2.45, 2.75) is 6.92 Å². The van der Waals surface area contributed by atoms with E-state index in [-0.39, 0.29) is 5.82 Å². The Kier molecular flexibility index (Phi) is 6.43. The third-order valence-corrected chi connectivity index (χ3v) is 7.59. The van der Waals surface area contributed by atoms with Gasteiger partial charge in [-0.05, 0) is 31.2 Å². The van der Waals surface area contributed by atoms with Crippen LogP contribution in [0.3, 0.4) is 0 Å². The molecule has 0 spiro atoms. The second kappa shape index (κ2) is 10.0. The van der Waals surface area contributed by atoms with Gasteiger partial charge in [0.1, 0.15) is 22.0 Å². The van der Waals surface area contributed by atoms with Crippen LogP contribution in [0.15, 0.2) is 48.0 Å². The van der Waals surface area contributed by atoms with Crippen LogP contribution in [0, 0.1) is 12.7 Å². The number of aromatic nitrogens is 2. The van der Waals surface area contributed by atoms with E-state index in [2.05, 4.69) is 38.3 Å². The number of ether oxygens (including phenoxy) is 2. The smallest absolute Gasteiger partial charge is 0.149 e. The Bertz CT molecular complexity index is 1370. The number of fused-ring (bicyclic) bond motifs is 1. The summed E-state index contributed by atoms with van der Waals surface area (Å²) in [4.78, 5) is 13.9. The van der Waals surface area contributed by atoms with Crippen molar-refractivity contribution in [3.05, 3.63) is 59.4 Å². The van der Waals surface area contributed by atoms with Crippen LogP contribution in [0.5, 0.6) is 0 Å². The molecule has 0 saturated carbocycles. The molecule has 2 aliphatic heterocycles. The number of anilines is 4. The maximum absolute atomic E-state index is 15.0. The Labute approximate surface area is 213 Å². The number of hydrogen-bond donors (Lipinski definition) is 1. The van der Waals surface area contributed by atoms with Crippen LogP contribution in [0.25, 0.3) is 21.6 Å². The molecule has 0 atom stereocenters. The summed E-state index contributed by atoms with van der Waals surface area (Å²) in [5.41, 5.74) is 6.04. The lowest BCUT2D eigenvalue weighted by Crippen LogP contribution is -2.37. The van der Waals surface area contributed by atoms with E-state index in [1.165, 1.54) is 17.4 Å². The molecule has 36 heavy (non-hydrogen) atoms. The second-order valence-electron chi connectivity index (χ2n) is 8.96. The topological polar surface area (TPSA) is 62.8 Å². The fraction of sp³-hybridized carbons (Fsp3) is 0.333. The lowest BCUT2D eigenvalue weighted by molar-refractivity contribution is 0.122. The molecule has 0 unspecified atom stereocenters. The predicted octanol–water partition coefficient (Wildman–Crippen LogP) is 5.22. The van der Waals surface area contributed by atoms with Crippen molar-refractivity contribution in [3.63, 3.8) is 0 Å². The van der Waals surface area contributed by atoms with E-state index in [9.17, 15) is 4.39 Å². The molecular weight excluding hydrogens is 477 g/mol. The van der Waals surface area contributed by atoms with Crippen LogP contribution in [-0.2, 0) is 9.47 Å². The van der Waals surface area contributed by atoms with Crippen LogP contribution in [-0.4, -0.2) is 62.6 Å². The Balaban J connectivity index is 1.50. The highest BCUT2D eigenvalue weighted by Gasteiger charge is 2.22. The van der Waals surface area contributed by atoms with Gasteiger partial charge in [-0.2, -0.15) is 0 Å². The number of pyridine rings is 1. The summed E-state index contributed by atoms with van der Waals surface area (Å²) in [6.45, 7) is 8.21. The third-order valence-electron chi connectivity index (χ3n) is 6.81. The molecule has 0 bridgehead atoms. The average Bonchev–Trinajstić information content (AvgIpc) is 3.46. The van der Waals surface area contributed by atoms with Gasteiger partial charge in [0.2, 0.25) is 0 Å². The number of nitrogens with zero attached hydrogens (tertiary/aromatic N) is 4. The van der Waals surface area contributed by atoms with Gasteiger partial charge in [-0.15, -0.1) is 11.3 Å². The van der Waals surface area contributed by atoms with Gasteiger partial charge in [0.25, 0.3) is 0 Å². The van der Waals surface area contributed by atoms with Gasteiger partial charge >= 0.3 is 0 Å². The first-order chi connectivity index (χ1) is 17.7. The lowest BCUT2D eigenvalue weighted by Gasteiger charge is -2.33. The van der Waals surface area contributed by atoms with E-state index in [4.69, 9.17) is 14.5 Å². The average molecular weight is 506 g/mol. The fourth-order valence-electron chi connectivity index (χ4n) is 4.91. The molecule has 1 N–H and O–H groups in total. The zero-order valence-corrected chi connectivity index (χ0v) is 21.0. The highest BCUT2D eigenvalue weighted by molar-refractivity contribution is 7.13. The molecule has 2 aliphatic rings. The number of benzene rings is 2. The van der Waals surface area contributed by atoms with Crippen molar-refractivity contribution in [2.75, 3.05) is 67.7 Å². The normalized spacial score (nSPS) is 16.5. The Hall–Kier alpha value is -3.27. The van der Waals surface area contributed by atoms with E-state index in [0.29, 0.717) is 24.4 Å². The van der Waals surface area contributed by atoms with Crippen LogP contribution in [0.1, 0.15) is 5.56 Å². The molecule has 0 aliphatic carbocycles. The number of halogens is 1. The summed E-state index contributed by atoms with van der Waals surface area (Å²) in [5.74, 6) is -0.344. The minimum atomic E-state index is -0.344. The maximum Gasteiger partial charge on any atom is 0.149 e. The van der Waals surface area contributed by atoms with Gasteiger partial charge in [0.05, 0.1) is 43.5 Å². The van der Waals surface area contributed by atoms with Crippen molar-refractivity contribution < 1.29 is 13.9 Å². The van der Waals surface area contributed by atoms with Crippen molar-refractivity contribution in [2.24, 2.45) is 0 Å². The van der Waals surface area contributed by atoms with Gasteiger partial charge in [-0.1, -0.05) is 12.1 Å². The van der Waals surface area contributed by atoms with Gasteiger partial charge < -0.3 is 24.6 Å². The highest BCUT2D eigenvalue weighted by atomic mass is 32.1. The summed E-state index contributed by atoms with van der Waals surface area (Å²) in [6, 6.07) is 11.7. The number of para-hydroxylation sites is 1. The van der Waals surface area contributed by atoms with E-state index in [1.807, 2.05) is 18.4 Å². The maximum atomic E-state index is 15.0. The molecule has 2 aromatic heterocycles.